The molecule has 0 radical (unpaired) electrons. The molecule has 0 aromatic carbocycles. The number of thioether (sulfide) groups is 1. The monoisotopic (exact) mass is 298 g/mol. The summed E-state index contributed by atoms with van der Waals surface area (Å²) < 4.78 is 0. The van der Waals surface area contributed by atoms with Crippen molar-refractivity contribution >= 4 is 11.8 Å². The van der Waals surface area contributed by atoms with Gasteiger partial charge in [-0.3, -0.25) is 9.97 Å². The van der Waals surface area contributed by atoms with Crippen molar-refractivity contribution in [3.63, 3.8) is 0 Å². The summed E-state index contributed by atoms with van der Waals surface area (Å²) >= 11 is 1.47. The molecule has 0 aliphatic heterocycles. The number of aliphatic hydroxyl groups excluding tert-OH is 1. The summed E-state index contributed by atoms with van der Waals surface area (Å²) in [6.07, 6.45) is 3.49. The zero-order valence-electron chi connectivity index (χ0n) is 11.2. The van der Waals surface area contributed by atoms with Crippen LogP contribution in [0.3, 0.4) is 0 Å². The second-order valence-corrected chi connectivity index (χ2v) is 5.35. The standard InChI is InChI=1S/C15H14N4OS/c20-9-10-21-15-18-13(11-5-1-3-7-16-11)14(19-15)12-6-2-4-8-17-12/h1-8,20H,9-10H2,(H,18,19). The highest BCUT2D eigenvalue weighted by molar-refractivity contribution is 7.99. The van der Waals surface area contributed by atoms with Crippen molar-refractivity contribution in [2.45, 2.75) is 5.16 Å². The fourth-order valence-corrected chi connectivity index (χ4v) is 2.56. The fraction of sp³-hybridized carbons (Fsp3) is 0.133. The number of imidazole rings is 1. The van der Waals surface area contributed by atoms with Crippen LogP contribution >= 0.6 is 11.8 Å². The average molecular weight is 298 g/mol. The van der Waals surface area contributed by atoms with Gasteiger partial charge in [-0.1, -0.05) is 23.9 Å². The summed E-state index contributed by atoms with van der Waals surface area (Å²) in [5.41, 5.74) is 3.23. The molecule has 0 aliphatic rings. The maximum absolute atomic E-state index is 8.95. The predicted molar refractivity (Wildman–Crippen MR) is 82.9 cm³/mol. The van der Waals surface area contributed by atoms with Crippen molar-refractivity contribution in [2.24, 2.45) is 0 Å². The predicted octanol–water partition coefficient (Wildman–Crippen LogP) is 2.62. The summed E-state index contributed by atoms with van der Waals surface area (Å²) in [5, 5.41) is 9.71. The minimum absolute atomic E-state index is 0.114. The molecule has 5 nitrogen and oxygen atoms in total. The van der Waals surface area contributed by atoms with E-state index in [0.29, 0.717) is 5.75 Å². The minimum atomic E-state index is 0.114. The molecule has 2 N–H and O–H groups in total. The van der Waals surface area contributed by atoms with Crippen molar-refractivity contribution in [2.75, 3.05) is 12.4 Å². The minimum Gasteiger partial charge on any atom is -0.396 e. The molecule has 0 amide bonds. The van der Waals surface area contributed by atoms with Gasteiger partial charge < -0.3 is 10.1 Å². The number of hydrogen-bond acceptors (Lipinski definition) is 5. The van der Waals surface area contributed by atoms with Crippen molar-refractivity contribution in [3.8, 4) is 22.8 Å². The van der Waals surface area contributed by atoms with Gasteiger partial charge in [0.15, 0.2) is 5.16 Å². The molecule has 21 heavy (non-hydrogen) atoms. The maximum Gasteiger partial charge on any atom is 0.166 e. The molecule has 3 aromatic rings. The van der Waals surface area contributed by atoms with Gasteiger partial charge in [-0.25, -0.2) is 4.98 Å². The number of aromatic amines is 1. The van der Waals surface area contributed by atoms with Crippen LogP contribution in [0.15, 0.2) is 53.9 Å². The Labute approximate surface area is 126 Å². The molecule has 0 aliphatic carbocycles. The van der Waals surface area contributed by atoms with Crippen molar-refractivity contribution in [1.29, 1.82) is 0 Å². The van der Waals surface area contributed by atoms with Crippen LogP contribution in [0.2, 0.25) is 0 Å². The summed E-state index contributed by atoms with van der Waals surface area (Å²) in [5.74, 6) is 0.594. The largest absolute Gasteiger partial charge is 0.396 e. The molecule has 3 heterocycles. The van der Waals surface area contributed by atoms with Crippen molar-refractivity contribution < 1.29 is 5.11 Å². The molecular weight excluding hydrogens is 284 g/mol. The van der Waals surface area contributed by atoms with Crippen LogP contribution in [0, 0.1) is 0 Å². The Morgan fingerprint density at radius 2 is 1.71 bits per heavy atom. The van der Waals surface area contributed by atoms with Gasteiger partial charge in [-0.15, -0.1) is 0 Å². The Balaban J connectivity index is 2.06. The Morgan fingerprint density at radius 3 is 2.33 bits per heavy atom. The van der Waals surface area contributed by atoms with Crippen LogP contribution in [0.25, 0.3) is 22.8 Å². The quantitative estimate of drug-likeness (QED) is 0.708. The molecule has 0 saturated heterocycles. The number of nitrogens with zero attached hydrogens (tertiary/aromatic N) is 3. The number of H-pyrrole nitrogens is 1. The van der Waals surface area contributed by atoms with Crippen LogP contribution in [0.5, 0.6) is 0 Å². The van der Waals surface area contributed by atoms with E-state index in [1.54, 1.807) is 12.4 Å². The number of pyridine rings is 2. The van der Waals surface area contributed by atoms with E-state index in [1.807, 2.05) is 36.4 Å². The molecule has 3 rings (SSSR count). The smallest absolute Gasteiger partial charge is 0.166 e. The Kier molecular flexibility index (Phi) is 4.28. The van der Waals surface area contributed by atoms with Crippen LogP contribution < -0.4 is 0 Å². The lowest BCUT2D eigenvalue weighted by Gasteiger charge is -2.00. The van der Waals surface area contributed by atoms with Crippen molar-refractivity contribution in [1.82, 2.24) is 19.9 Å². The van der Waals surface area contributed by atoms with Crippen LogP contribution in [-0.2, 0) is 0 Å². The molecule has 0 atom stereocenters. The Hall–Kier alpha value is -2.18. The van der Waals surface area contributed by atoms with E-state index in [4.69, 9.17) is 5.11 Å². The number of hydrogen-bond donors (Lipinski definition) is 2. The Morgan fingerprint density at radius 1 is 1.00 bits per heavy atom. The lowest BCUT2D eigenvalue weighted by molar-refractivity contribution is 0.322. The van der Waals surface area contributed by atoms with E-state index in [-0.39, 0.29) is 6.61 Å². The normalized spacial score (nSPS) is 10.7. The summed E-state index contributed by atoms with van der Waals surface area (Å²) in [6, 6.07) is 11.5. The molecule has 0 bridgehead atoms. The highest BCUT2D eigenvalue weighted by Crippen LogP contribution is 2.30. The van der Waals surface area contributed by atoms with Gasteiger partial charge in [-0.05, 0) is 24.3 Å². The van der Waals surface area contributed by atoms with E-state index in [1.165, 1.54) is 11.8 Å². The first-order valence-electron chi connectivity index (χ1n) is 6.55. The molecule has 0 unspecified atom stereocenters. The van der Waals surface area contributed by atoms with Gasteiger partial charge in [-0.2, -0.15) is 0 Å². The first-order chi connectivity index (χ1) is 10.4. The number of aromatic nitrogens is 4. The average Bonchev–Trinajstić information content (AvgIpc) is 2.99. The van der Waals surface area contributed by atoms with Crippen LogP contribution in [-0.4, -0.2) is 37.4 Å². The summed E-state index contributed by atoms with van der Waals surface area (Å²) in [7, 11) is 0. The maximum atomic E-state index is 8.95. The van der Waals surface area contributed by atoms with Gasteiger partial charge in [0, 0.05) is 18.1 Å². The molecule has 6 heteroatoms. The van der Waals surface area contributed by atoms with E-state index < -0.39 is 0 Å². The second kappa shape index (κ2) is 6.51. The summed E-state index contributed by atoms with van der Waals surface area (Å²) in [4.78, 5) is 16.6. The lowest BCUT2D eigenvalue weighted by atomic mass is 10.2. The first kappa shape index (κ1) is 13.8. The molecule has 0 fully saturated rings. The van der Waals surface area contributed by atoms with E-state index in [9.17, 15) is 0 Å². The van der Waals surface area contributed by atoms with E-state index >= 15 is 0 Å². The van der Waals surface area contributed by atoms with Gasteiger partial charge in [0.05, 0.1) is 23.7 Å². The topological polar surface area (TPSA) is 74.7 Å². The molecule has 106 valence electrons. The van der Waals surface area contributed by atoms with E-state index in [0.717, 1.165) is 27.9 Å². The fourth-order valence-electron chi connectivity index (χ4n) is 1.95. The third-order valence-corrected chi connectivity index (χ3v) is 3.69. The highest BCUT2D eigenvalue weighted by Gasteiger charge is 2.15. The van der Waals surface area contributed by atoms with Crippen molar-refractivity contribution in [3.05, 3.63) is 48.8 Å². The van der Waals surface area contributed by atoms with Gasteiger partial charge in [0.2, 0.25) is 0 Å². The zero-order chi connectivity index (χ0) is 14.5. The van der Waals surface area contributed by atoms with Gasteiger partial charge in [0.1, 0.15) is 5.69 Å². The van der Waals surface area contributed by atoms with Gasteiger partial charge in [0.25, 0.3) is 0 Å². The Bertz CT molecular complexity index is 643. The SMILES string of the molecule is OCCSc1nc(-c2ccccn2)c(-c2ccccn2)[nH]1. The molecular formula is C15H14N4OS. The van der Waals surface area contributed by atoms with Crippen LogP contribution in [0.4, 0.5) is 0 Å². The highest BCUT2D eigenvalue weighted by atomic mass is 32.2. The number of rotatable bonds is 5. The number of aliphatic hydroxyl groups is 1. The van der Waals surface area contributed by atoms with E-state index in [2.05, 4.69) is 19.9 Å². The van der Waals surface area contributed by atoms with Crippen LogP contribution in [0.1, 0.15) is 0 Å². The molecule has 0 saturated carbocycles. The molecule has 3 aromatic heterocycles. The first-order valence-corrected chi connectivity index (χ1v) is 7.53. The zero-order valence-corrected chi connectivity index (χ0v) is 12.0. The lowest BCUT2D eigenvalue weighted by Crippen LogP contribution is -1.88. The van der Waals surface area contributed by atoms with Gasteiger partial charge >= 0.3 is 0 Å². The number of nitrogens with one attached hydrogen (secondary N) is 1. The molecule has 0 spiro atoms. The summed E-state index contributed by atoms with van der Waals surface area (Å²) in [6.45, 7) is 0.114. The second-order valence-electron chi connectivity index (χ2n) is 4.27. The third-order valence-electron chi connectivity index (χ3n) is 2.84. The third kappa shape index (κ3) is 3.12.